The van der Waals surface area contributed by atoms with Crippen molar-refractivity contribution in [3.63, 3.8) is 0 Å². The minimum absolute atomic E-state index is 0.277. The first-order valence-electron chi connectivity index (χ1n) is 6.39. The second-order valence-corrected chi connectivity index (χ2v) is 4.78. The normalized spacial score (nSPS) is 11.2. The van der Waals surface area contributed by atoms with Gasteiger partial charge in [0.1, 0.15) is 11.6 Å². The van der Waals surface area contributed by atoms with Gasteiger partial charge >= 0.3 is 0 Å². The highest BCUT2D eigenvalue weighted by Crippen LogP contribution is 2.20. The van der Waals surface area contributed by atoms with Gasteiger partial charge in [-0.25, -0.2) is 8.78 Å². The molecule has 3 rings (SSSR count). The quantitative estimate of drug-likeness (QED) is 0.778. The maximum atomic E-state index is 13.8. The van der Waals surface area contributed by atoms with Gasteiger partial charge in [0.15, 0.2) is 0 Å². The summed E-state index contributed by atoms with van der Waals surface area (Å²) in [7, 11) is 0. The van der Waals surface area contributed by atoms with Crippen LogP contribution in [-0.2, 0) is 13.1 Å². The third-order valence-corrected chi connectivity index (χ3v) is 3.42. The van der Waals surface area contributed by atoms with Gasteiger partial charge in [-0.3, -0.25) is 0 Å². The van der Waals surface area contributed by atoms with Crippen LogP contribution in [0.25, 0.3) is 10.9 Å². The van der Waals surface area contributed by atoms with Crippen molar-refractivity contribution in [1.82, 2.24) is 4.57 Å². The van der Waals surface area contributed by atoms with Crippen molar-refractivity contribution in [1.29, 1.82) is 0 Å². The lowest BCUT2D eigenvalue weighted by atomic mass is 10.1. The number of benzene rings is 2. The largest absolute Gasteiger partial charge is 0.343 e. The summed E-state index contributed by atoms with van der Waals surface area (Å²) in [4.78, 5) is 0. The first-order chi connectivity index (χ1) is 9.67. The lowest BCUT2D eigenvalue weighted by Gasteiger charge is -2.08. The van der Waals surface area contributed by atoms with Crippen molar-refractivity contribution < 1.29 is 8.78 Å². The molecule has 0 aliphatic heterocycles. The fourth-order valence-electron chi connectivity index (χ4n) is 2.35. The Balaban J connectivity index is 2.03. The highest BCUT2D eigenvalue weighted by atomic mass is 19.1. The smallest absolute Gasteiger partial charge is 0.128 e. The second-order valence-electron chi connectivity index (χ2n) is 4.78. The van der Waals surface area contributed by atoms with Crippen molar-refractivity contribution in [2.24, 2.45) is 5.73 Å². The molecule has 102 valence electrons. The predicted molar refractivity (Wildman–Crippen MR) is 75.3 cm³/mol. The van der Waals surface area contributed by atoms with E-state index in [2.05, 4.69) is 0 Å². The van der Waals surface area contributed by atoms with Crippen molar-refractivity contribution in [3.05, 3.63) is 71.4 Å². The van der Waals surface area contributed by atoms with Crippen molar-refractivity contribution >= 4 is 10.9 Å². The minimum atomic E-state index is -0.298. The molecule has 0 radical (unpaired) electrons. The van der Waals surface area contributed by atoms with Crippen LogP contribution in [0.3, 0.4) is 0 Å². The summed E-state index contributed by atoms with van der Waals surface area (Å²) in [6.07, 6.45) is 1.83. The Morgan fingerprint density at radius 1 is 1.00 bits per heavy atom. The highest BCUT2D eigenvalue weighted by Gasteiger charge is 2.07. The van der Waals surface area contributed by atoms with Gasteiger partial charge in [-0.1, -0.05) is 6.07 Å². The van der Waals surface area contributed by atoms with E-state index < -0.39 is 0 Å². The van der Waals surface area contributed by atoms with Gasteiger partial charge in [0.2, 0.25) is 0 Å². The summed E-state index contributed by atoms with van der Waals surface area (Å²) >= 11 is 0. The van der Waals surface area contributed by atoms with Gasteiger partial charge in [-0.15, -0.1) is 0 Å². The highest BCUT2D eigenvalue weighted by molar-refractivity contribution is 5.80. The van der Waals surface area contributed by atoms with Gasteiger partial charge in [-0.2, -0.15) is 0 Å². The Hall–Kier alpha value is -2.20. The van der Waals surface area contributed by atoms with Crippen LogP contribution in [0.15, 0.2) is 48.7 Å². The molecule has 20 heavy (non-hydrogen) atoms. The number of fused-ring (bicyclic) bond motifs is 1. The van der Waals surface area contributed by atoms with E-state index in [-0.39, 0.29) is 11.6 Å². The first-order valence-corrected chi connectivity index (χ1v) is 6.39. The molecule has 1 heterocycles. The maximum Gasteiger partial charge on any atom is 0.128 e. The van der Waals surface area contributed by atoms with E-state index in [4.69, 9.17) is 5.73 Å². The van der Waals surface area contributed by atoms with E-state index in [9.17, 15) is 8.78 Å². The molecule has 0 bridgehead atoms. The zero-order chi connectivity index (χ0) is 14.1. The Labute approximate surface area is 115 Å². The van der Waals surface area contributed by atoms with Gasteiger partial charge in [0, 0.05) is 18.3 Å². The van der Waals surface area contributed by atoms with Crippen LogP contribution >= 0.6 is 0 Å². The Morgan fingerprint density at radius 2 is 1.85 bits per heavy atom. The molecular formula is C16H14F2N2. The molecule has 0 aliphatic rings. The molecule has 0 fully saturated rings. The summed E-state index contributed by atoms with van der Waals surface area (Å²) in [5.74, 6) is -0.575. The average Bonchev–Trinajstić information content (AvgIpc) is 2.84. The summed E-state index contributed by atoms with van der Waals surface area (Å²) in [6, 6.07) is 11.3. The van der Waals surface area contributed by atoms with E-state index in [1.165, 1.54) is 18.2 Å². The molecule has 0 aliphatic carbocycles. The zero-order valence-corrected chi connectivity index (χ0v) is 10.8. The standard InChI is InChI=1S/C16H14F2N2/c17-14-3-2-12-5-6-20(16(12)8-14)10-13-7-11(9-19)1-4-15(13)18/h1-8H,9-10,19H2. The van der Waals surface area contributed by atoms with E-state index >= 15 is 0 Å². The summed E-state index contributed by atoms with van der Waals surface area (Å²) < 4.78 is 29.0. The van der Waals surface area contributed by atoms with Crippen molar-refractivity contribution in [2.75, 3.05) is 0 Å². The monoisotopic (exact) mass is 272 g/mol. The van der Waals surface area contributed by atoms with Crippen LogP contribution in [0.2, 0.25) is 0 Å². The SMILES string of the molecule is NCc1ccc(F)c(Cn2ccc3ccc(F)cc32)c1. The lowest BCUT2D eigenvalue weighted by Crippen LogP contribution is -2.03. The van der Waals surface area contributed by atoms with Crippen LogP contribution in [0.1, 0.15) is 11.1 Å². The van der Waals surface area contributed by atoms with Crippen LogP contribution in [0.5, 0.6) is 0 Å². The predicted octanol–water partition coefficient (Wildman–Crippen LogP) is 3.43. The number of aromatic nitrogens is 1. The van der Waals surface area contributed by atoms with Crippen molar-refractivity contribution in [3.8, 4) is 0 Å². The van der Waals surface area contributed by atoms with E-state index in [1.54, 1.807) is 18.2 Å². The van der Waals surface area contributed by atoms with Gasteiger partial charge in [0.05, 0.1) is 12.1 Å². The molecule has 2 nitrogen and oxygen atoms in total. The molecule has 0 spiro atoms. The Morgan fingerprint density at radius 3 is 2.65 bits per heavy atom. The minimum Gasteiger partial charge on any atom is -0.343 e. The summed E-state index contributed by atoms with van der Waals surface area (Å²) in [6.45, 7) is 0.723. The average molecular weight is 272 g/mol. The molecule has 0 saturated carbocycles. The molecule has 0 atom stereocenters. The fraction of sp³-hybridized carbons (Fsp3) is 0.125. The number of rotatable bonds is 3. The van der Waals surface area contributed by atoms with Gasteiger partial charge in [0.25, 0.3) is 0 Å². The molecule has 0 unspecified atom stereocenters. The molecule has 0 amide bonds. The molecule has 2 aromatic carbocycles. The van der Waals surface area contributed by atoms with E-state index in [0.29, 0.717) is 18.7 Å². The number of nitrogens with two attached hydrogens (primary N) is 1. The summed E-state index contributed by atoms with van der Waals surface area (Å²) in [5, 5.41) is 0.932. The summed E-state index contributed by atoms with van der Waals surface area (Å²) in [5.41, 5.74) is 7.76. The third kappa shape index (κ3) is 2.30. The number of hydrogen-bond donors (Lipinski definition) is 1. The van der Waals surface area contributed by atoms with Crippen LogP contribution in [0, 0.1) is 11.6 Å². The molecule has 1 aromatic heterocycles. The van der Waals surface area contributed by atoms with Gasteiger partial charge in [-0.05, 0) is 47.3 Å². The van der Waals surface area contributed by atoms with Crippen LogP contribution in [-0.4, -0.2) is 4.57 Å². The Bertz CT molecular complexity index is 762. The molecular weight excluding hydrogens is 258 g/mol. The van der Waals surface area contributed by atoms with E-state index in [1.807, 2.05) is 16.8 Å². The number of nitrogens with zero attached hydrogens (tertiary/aromatic N) is 1. The first kappa shape index (κ1) is 12.8. The van der Waals surface area contributed by atoms with Crippen molar-refractivity contribution in [2.45, 2.75) is 13.1 Å². The number of halogens is 2. The lowest BCUT2D eigenvalue weighted by molar-refractivity contribution is 0.600. The third-order valence-electron chi connectivity index (χ3n) is 3.42. The maximum absolute atomic E-state index is 13.8. The van der Waals surface area contributed by atoms with E-state index in [0.717, 1.165) is 16.5 Å². The number of hydrogen-bond acceptors (Lipinski definition) is 1. The molecule has 0 saturated heterocycles. The molecule has 4 heteroatoms. The van der Waals surface area contributed by atoms with Gasteiger partial charge < -0.3 is 10.3 Å². The molecule has 3 aromatic rings. The topological polar surface area (TPSA) is 30.9 Å². The van der Waals surface area contributed by atoms with Crippen LogP contribution < -0.4 is 5.73 Å². The Kier molecular flexibility index (Phi) is 3.24. The second kappa shape index (κ2) is 5.06. The zero-order valence-electron chi connectivity index (χ0n) is 10.8. The molecule has 2 N–H and O–H groups in total. The van der Waals surface area contributed by atoms with Crippen LogP contribution in [0.4, 0.5) is 8.78 Å². The fourth-order valence-corrected chi connectivity index (χ4v) is 2.35.